The second-order valence-electron chi connectivity index (χ2n) is 8.89. The molecule has 3 nitrogen and oxygen atoms in total. The third kappa shape index (κ3) is 5.21. The summed E-state index contributed by atoms with van der Waals surface area (Å²) in [7, 11) is 1.99. The van der Waals surface area contributed by atoms with Gasteiger partial charge in [-0.2, -0.15) is 0 Å². The van der Waals surface area contributed by atoms with Crippen LogP contribution in [0.3, 0.4) is 0 Å². The van der Waals surface area contributed by atoms with Crippen LogP contribution in [0.4, 0.5) is 0 Å². The van der Waals surface area contributed by atoms with Gasteiger partial charge in [-0.1, -0.05) is 58.0 Å². The summed E-state index contributed by atoms with van der Waals surface area (Å²) >= 11 is 0. The molecule has 1 N–H and O–H groups in total. The van der Waals surface area contributed by atoms with Crippen molar-refractivity contribution in [3.63, 3.8) is 0 Å². The van der Waals surface area contributed by atoms with Gasteiger partial charge in [-0.05, 0) is 79.6 Å². The summed E-state index contributed by atoms with van der Waals surface area (Å²) in [5, 5.41) is 3.34. The monoisotopic (exact) mass is 430 g/mol. The minimum Gasteiger partial charge on any atom is -0.489 e. The van der Waals surface area contributed by atoms with Gasteiger partial charge in [0.2, 0.25) is 0 Å². The number of nitrogens with one attached hydrogen (secondary N) is 1. The molecule has 3 rings (SSSR count). The lowest BCUT2D eigenvalue weighted by atomic mass is 9.93. The Morgan fingerprint density at radius 2 is 1.62 bits per heavy atom. The molecule has 3 heteroatoms. The Morgan fingerprint density at radius 3 is 2.22 bits per heavy atom. The van der Waals surface area contributed by atoms with Crippen LogP contribution in [0.2, 0.25) is 0 Å². The fraction of sp³-hybridized carbons (Fsp3) is 0.414. The molecule has 0 aliphatic rings. The Bertz CT molecular complexity index is 1050. The molecule has 0 amide bonds. The Kier molecular flexibility index (Phi) is 8.09. The lowest BCUT2D eigenvalue weighted by Gasteiger charge is -2.19. The molecule has 2 aromatic carbocycles. The van der Waals surface area contributed by atoms with E-state index in [1.807, 2.05) is 7.05 Å². The summed E-state index contributed by atoms with van der Waals surface area (Å²) in [6.45, 7) is 14.4. The number of aryl methyl sites for hydroxylation is 4. The van der Waals surface area contributed by atoms with Crippen molar-refractivity contribution in [3.8, 4) is 17.0 Å². The molecule has 1 aromatic heterocycles. The number of benzene rings is 2. The van der Waals surface area contributed by atoms with Gasteiger partial charge in [0.05, 0.1) is 5.69 Å². The molecule has 0 unspecified atom stereocenters. The zero-order valence-electron chi connectivity index (χ0n) is 20.8. The van der Waals surface area contributed by atoms with E-state index in [1.54, 1.807) is 0 Å². The number of rotatable bonds is 9. The molecule has 0 saturated carbocycles. The molecule has 0 radical (unpaired) electrons. The van der Waals surface area contributed by atoms with E-state index in [-0.39, 0.29) is 0 Å². The van der Waals surface area contributed by atoms with Crippen LogP contribution in [-0.2, 0) is 26.0 Å². The van der Waals surface area contributed by atoms with Crippen LogP contribution in [0.15, 0.2) is 42.5 Å². The second-order valence-corrected chi connectivity index (χ2v) is 8.89. The van der Waals surface area contributed by atoms with E-state index in [0.29, 0.717) is 12.5 Å². The van der Waals surface area contributed by atoms with Gasteiger partial charge in [0, 0.05) is 23.4 Å². The fourth-order valence-corrected chi connectivity index (χ4v) is 4.29. The zero-order chi connectivity index (χ0) is 23.3. The highest BCUT2D eigenvalue weighted by Gasteiger charge is 2.16. The van der Waals surface area contributed by atoms with E-state index in [9.17, 15) is 0 Å². The first-order chi connectivity index (χ1) is 15.4. The first-order valence-corrected chi connectivity index (χ1v) is 11.9. The van der Waals surface area contributed by atoms with Crippen LogP contribution in [0.25, 0.3) is 11.3 Å². The number of hydrogen-bond donors (Lipinski definition) is 1. The third-order valence-corrected chi connectivity index (χ3v) is 6.30. The van der Waals surface area contributed by atoms with Crippen LogP contribution in [0.1, 0.15) is 72.7 Å². The van der Waals surface area contributed by atoms with Gasteiger partial charge in [0.25, 0.3) is 0 Å². The van der Waals surface area contributed by atoms with Crippen LogP contribution in [-0.4, -0.2) is 12.0 Å². The van der Waals surface area contributed by atoms with Crippen LogP contribution < -0.4 is 10.1 Å². The molecule has 32 heavy (non-hydrogen) atoms. The molecule has 3 aromatic rings. The topological polar surface area (TPSA) is 34.1 Å². The van der Waals surface area contributed by atoms with Crippen molar-refractivity contribution in [2.75, 3.05) is 7.05 Å². The quantitative estimate of drug-likeness (QED) is 0.400. The van der Waals surface area contributed by atoms with Gasteiger partial charge in [0.15, 0.2) is 0 Å². The molecule has 170 valence electrons. The van der Waals surface area contributed by atoms with Gasteiger partial charge in [-0.15, -0.1) is 0 Å². The van der Waals surface area contributed by atoms with Crippen molar-refractivity contribution in [2.45, 2.75) is 73.5 Å². The molecule has 0 fully saturated rings. The van der Waals surface area contributed by atoms with Crippen molar-refractivity contribution >= 4 is 0 Å². The summed E-state index contributed by atoms with van der Waals surface area (Å²) in [6, 6.07) is 15.4. The Hall–Kier alpha value is -2.65. The summed E-state index contributed by atoms with van der Waals surface area (Å²) in [6.07, 6.45) is 2.00. The smallest absolute Gasteiger partial charge is 0.123 e. The van der Waals surface area contributed by atoms with E-state index in [0.717, 1.165) is 42.1 Å². The lowest BCUT2D eigenvalue weighted by molar-refractivity contribution is 0.301. The van der Waals surface area contributed by atoms with Crippen LogP contribution in [0.5, 0.6) is 5.75 Å². The van der Waals surface area contributed by atoms with Crippen LogP contribution in [0, 0.1) is 13.8 Å². The number of ether oxygens (including phenoxy) is 1. The molecule has 0 saturated heterocycles. The first-order valence-electron chi connectivity index (χ1n) is 11.9. The minimum atomic E-state index is 0.479. The van der Waals surface area contributed by atoms with E-state index in [1.165, 1.54) is 33.4 Å². The Balaban J connectivity index is 2.00. The molecule has 0 bridgehead atoms. The predicted octanol–water partition coefficient (Wildman–Crippen LogP) is 6.91. The fourth-order valence-electron chi connectivity index (χ4n) is 4.29. The summed E-state index contributed by atoms with van der Waals surface area (Å²) in [5.74, 6) is 1.44. The molecule has 0 atom stereocenters. The van der Waals surface area contributed by atoms with E-state index in [4.69, 9.17) is 9.72 Å². The zero-order valence-corrected chi connectivity index (χ0v) is 20.8. The highest BCUT2D eigenvalue weighted by molar-refractivity contribution is 5.69. The standard InChI is InChI=1S/C29H38N2O/c1-8-22-11-10-12-23(9-2)29(22)27-15-25(17-30-7)26(21(6)31-27)18-32-28-16-24(19(3)4)14-13-20(28)5/h10-16,19,30H,8-9,17-18H2,1-7H3. The second kappa shape index (κ2) is 10.8. The van der Waals surface area contributed by atoms with Crippen molar-refractivity contribution in [3.05, 3.63) is 81.5 Å². The first kappa shape index (κ1) is 24.0. The van der Waals surface area contributed by atoms with E-state index >= 15 is 0 Å². The predicted molar refractivity (Wildman–Crippen MR) is 136 cm³/mol. The van der Waals surface area contributed by atoms with Gasteiger partial charge in [-0.3, -0.25) is 4.98 Å². The van der Waals surface area contributed by atoms with Crippen molar-refractivity contribution < 1.29 is 4.74 Å². The average molecular weight is 431 g/mol. The summed E-state index contributed by atoms with van der Waals surface area (Å²) in [4.78, 5) is 5.08. The highest BCUT2D eigenvalue weighted by Crippen LogP contribution is 2.31. The maximum Gasteiger partial charge on any atom is 0.123 e. The van der Waals surface area contributed by atoms with Crippen molar-refractivity contribution in [1.29, 1.82) is 0 Å². The number of hydrogen-bond acceptors (Lipinski definition) is 3. The normalized spacial score (nSPS) is 11.2. The highest BCUT2D eigenvalue weighted by atomic mass is 16.5. The maximum atomic E-state index is 6.35. The van der Waals surface area contributed by atoms with Crippen LogP contribution >= 0.6 is 0 Å². The third-order valence-electron chi connectivity index (χ3n) is 6.30. The van der Waals surface area contributed by atoms with Gasteiger partial charge in [0.1, 0.15) is 12.4 Å². The van der Waals surface area contributed by atoms with Gasteiger partial charge >= 0.3 is 0 Å². The Labute approximate surface area is 194 Å². The molecular weight excluding hydrogens is 392 g/mol. The Morgan fingerprint density at radius 1 is 0.938 bits per heavy atom. The van der Waals surface area contributed by atoms with Crippen molar-refractivity contribution in [2.24, 2.45) is 0 Å². The average Bonchev–Trinajstić information content (AvgIpc) is 2.78. The minimum absolute atomic E-state index is 0.479. The molecule has 0 spiro atoms. The molecule has 1 heterocycles. The SMILES string of the molecule is CCc1cccc(CC)c1-c1cc(CNC)c(COc2cc(C(C)C)ccc2C)c(C)n1. The number of aromatic nitrogens is 1. The molecular formula is C29H38N2O. The van der Waals surface area contributed by atoms with Gasteiger partial charge in [-0.25, -0.2) is 0 Å². The molecule has 0 aliphatic carbocycles. The summed E-state index contributed by atoms with van der Waals surface area (Å²) in [5.41, 5.74) is 11.0. The van der Waals surface area contributed by atoms with Crippen molar-refractivity contribution in [1.82, 2.24) is 10.3 Å². The van der Waals surface area contributed by atoms with E-state index < -0.39 is 0 Å². The summed E-state index contributed by atoms with van der Waals surface area (Å²) < 4.78 is 6.35. The lowest BCUT2D eigenvalue weighted by Crippen LogP contribution is -2.13. The maximum absolute atomic E-state index is 6.35. The number of pyridine rings is 1. The largest absolute Gasteiger partial charge is 0.489 e. The number of nitrogens with zero attached hydrogens (tertiary/aromatic N) is 1. The van der Waals surface area contributed by atoms with E-state index in [2.05, 4.69) is 89.3 Å². The molecule has 0 aliphatic heterocycles. The van der Waals surface area contributed by atoms with Gasteiger partial charge < -0.3 is 10.1 Å².